The molecule has 0 amide bonds. The number of aromatic nitrogens is 3. The van der Waals surface area contributed by atoms with E-state index in [-0.39, 0.29) is 0 Å². The Morgan fingerprint density at radius 1 is 1.40 bits per heavy atom. The maximum absolute atomic E-state index is 4.13. The van der Waals surface area contributed by atoms with Gasteiger partial charge in [-0.15, -0.1) is 5.10 Å². The Bertz CT molecular complexity index is 299. The lowest BCUT2D eigenvalue weighted by Gasteiger charge is -2.29. The van der Waals surface area contributed by atoms with E-state index in [2.05, 4.69) is 35.3 Å². The number of nitrogens with zero attached hydrogens (tertiary/aromatic N) is 4. The van der Waals surface area contributed by atoms with Crippen LogP contribution in [0.5, 0.6) is 0 Å². The summed E-state index contributed by atoms with van der Waals surface area (Å²) in [7, 11) is 0. The lowest BCUT2D eigenvalue weighted by atomic mass is 10.00. The molecule has 0 radical (unpaired) electrons. The molecule has 4 heteroatoms. The summed E-state index contributed by atoms with van der Waals surface area (Å²) in [6.45, 7) is 7.74. The second-order valence-electron chi connectivity index (χ2n) is 4.54. The zero-order valence-corrected chi connectivity index (χ0v) is 9.69. The molecule has 15 heavy (non-hydrogen) atoms. The second kappa shape index (κ2) is 4.75. The lowest BCUT2D eigenvalue weighted by Crippen LogP contribution is -2.34. The Morgan fingerprint density at radius 2 is 2.13 bits per heavy atom. The van der Waals surface area contributed by atoms with Crippen LogP contribution in [0.25, 0.3) is 0 Å². The van der Waals surface area contributed by atoms with Gasteiger partial charge in [0.15, 0.2) is 0 Å². The first-order valence-electron chi connectivity index (χ1n) is 5.89. The van der Waals surface area contributed by atoms with Gasteiger partial charge >= 0.3 is 0 Å². The molecule has 0 N–H and O–H groups in total. The van der Waals surface area contributed by atoms with Crippen LogP contribution in [0.4, 0.5) is 0 Å². The molecule has 0 spiro atoms. The first kappa shape index (κ1) is 10.6. The minimum absolute atomic E-state index is 0.892. The molecule has 0 unspecified atom stereocenters. The standard InChI is InChI=1S/C11H20N4/c1-3-11-8-15(13-12-11)9-14-6-4-10(2)5-7-14/h8,10H,3-7,9H2,1-2H3. The number of hydrogen-bond acceptors (Lipinski definition) is 3. The van der Waals surface area contributed by atoms with E-state index >= 15 is 0 Å². The SMILES string of the molecule is CCc1cn(CN2CCC(C)CC2)nn1. The van der Waals surface area contributed by atoms with Gasteiger partial charge in [0.1, 0.15) is 0 Å². The quantitative estimate of drug-likeness (QED) is 0.755. The van der Waals surface area contributed by atoms with E-state index < -0.39 is 0 Å². The molecule has 2 rings (SSSR count). The van der Waals surface area contributed by atoms with Gasteiger partial charge in [0, 0.05) is 19.3 Å². The molecule has 1 aliphatic rings. The van der Waals surface area contributed by atoms with Crippen molar-refractivity contribution in [3.05, 3.63) is 11.9 Å². The average Bonchev–Trinajstić information content (AvgIpc) is 2.69. The van der Waals surface area contributed by atoms with Gasteiger partial charge in [-0.1, -0.05) is 19.1 Å². The van der Waals surface area contributed by atoms with Crippen molar-refractivity contribution < 1.29 is 0 Å². The van der Waals surface area contributed by atoms with E-state index in [1.807, 2.05) is 4.68 Å². The summed E-state index contributed by atoms with van der Waals surface area (Å²) in [5, 5.41) is 8.23. The summed E-state index contributed by atoms with van der Waals surface area (Å²) in [5.74, 6) is 0.892. The monoisotopic (exact) mass is 208 g/mol. The highest BCUT2D eigenvalue weighted by atomic mass is 15.5. The van der Waals surface area contributed by atoms with Crippen molar-refractivity contribution >= 4 is 0 Å². The zero-order valence-electron chi connectivity index (χ0n) is 9.69. The summed E-state index contributed by atoms with van der Waals surface area (Å²) in [6.07, 6.45) is 5.65. The van der Waals surface area contributed by atoms with Crippen molar-refractivity contribution in [2.45, 2.75) is 39.8 Å². The van der Waals surface area contributed by atoms with Gasteiger partial charge in [0.2, 0.25) is 0 Å². The molecule has 84 valence electrons. The Kier molecular flexibility index (Phi) is 3.36. The molecular formula is C11H20N4. The van der Waals surface area contributed by atoms with Gasteiger partial charge in [-0.25, -0.2) is 4.68 Å². The van der Waals surface area contributed by atoms with Crippen LogP contribution in [0.1, 0.15) is 32.4 Å². The van der Waals surface area contributed by atoms with Crippen molar-refractivity contribution in [3.63, 3.8) is 0 Å². The van der Waals surface area contributed by atoms with E-state index in [4.69, 9.17) is 0 Å². The molecular weight excluding hydrogens is 188 g/mol. The molecule has 2 heterocycles. The van der Waals surface area contributed by atoms with Crippen LogP contribution in [-0.4, -0.2) is 33.0 Å². The largest absolute Gasteiger partial charge is 0.284 e. The van der Waals surface area contributed by atoms with Crippen molar-refractivity contribution in [3.8, 4) is 0 Å². The fourth-order valence-corrected chi connectivity index (χ4v) is 1.98. The van der Waals surface area contributed by atoms with Crippen molar-refractivity contribution in [2.24, 2.45) is 5.92 Å². The zero-order chi connectivity index (χ0) is 10.7. The second-order valence-corrected chi connectivity index (χ2v) is 4.54. The van der Waals surface area contributed by atoms with Crippen LogP contribution in [0.15, 0.2) is 6.20 Å². The maximum atomic E-state index is 4.13. The normalized spacial score (nSPS) is 19.6. The molecule has 0 aliphatic carbocycles. The summed E-state index contributed by atoms with van der Waals surface area (Å²) in [4.78, 5) is 2.45. The minimum Gasteiger partial charge on any atom is -0.284 e. The molecule has 4 nitrogen and oxygen atoms in total. The molecule has 0 bridgehead atoms. The molecule has 1 fully saturated rings. The Hall–Kier alpha value is -0.900. The van der Waals surface area contributed by atoms with Crippen molar-refractivity contribution in [2.75, 3.05) is 13.1 Å². The molecule has 0 atom stereocenters. The van der Waals surface area contributed by atoms with Gasteiger partial charge in [-0.2, -0.15) is 0 Å². The highest BCUT2D eigenvalue weighted by molar-refractivity contribution is 4.90. The van der Waals surface area contributed by atoms with E-state index in [1.165, 1.54) is 25.9 Å². The van der Waals surface area contributed by atoms with Crippen LogP contribution in [-0.2, 0) is 13.1 Å². The molecule has 1 aromatic heterocycles. The average molecular weight is 208 g/mol. The molecule has 1 aliphatic heterocycles. The first-order valence-corrected chi connectivity index (χ1v) is 5.89. The van der Waals surface area contributed by atoms with E-state index in [9.17, 15) is 0 Å². The fourth-order valence-electron chi connectivity index (χ4n) is 1.98. The third-order valence-electron chi connectivity index (χ3n) is 3.17. The predicted molar refractivity (Wildman–Crippen MR) is 59.4 cm³/mol. The number of likely N-dealkylation sites (tertiary alicyclic amines) is 1. The molecule has 1 saturated heterocycles. The van der Waals surface area contributed by atoms with Crippen LogP contribution in [0, 0.1) is 5.92 Å². The summed E-state index contributed by atoms with van der Waals surface area (Å²) < 4.78 is 1.95. The summed E-state index contributed by atoms with van der Waals surface area (Å²) in [5.41, 5.74) is 1.08. The first-order chi connectivity index (χ1) is 7.28. The Morgan fingerprint density at radius 3 is 2.73 bits per heavy atom. The third kappa shape index (κ3) is 2.78. The van der Waals surface area contributed by atoms with E-state index in [1.54, 1.807) is 0 Å². The Labute approximate surface area is 91.3 Å². The maximum Gasteiger partial charge on any atom is 0.0946 e. The number of rotatable bonds is 3. The number of piperidine rings is 1. The topological polar surface area (TPSA) is 34.0 Å². The Balaban J connectivity index is 1.86. The van der Waals surface area contributed by atoms with Crippen LogP contribution >= 0.6 is 0 Å². The van der Waals surface area contributed by atoms with Crippen LogP contribution in [0.3, 0.4) is 0 Å². The summed E-state index contributed by atoms with van der Waals surface area (Å²) in [6, 6.07) is 0. The van der Waals surface area contributed by atoms with Crippen LogP contribution < -0.4 is 0 Å². The van der Waals surface area contributed by atoms with Gasteiger partial charge in [-0.05, 0) is 25.2 Å². The van der Waals surface area contributed by atoms with Crippen LogP contribution in [0.2, 0.25) is 0 Å². The predicted octanol–water partition coefficient (Wildman–Crippen LogP) is 1.53. The lowest BCUT2D eigenvalue weighted by molar-refractivity contribution is 0.146. The van der Waals surface area contributed by atoms with Gasteiger partial charge < -0.3 is 0 Å². The highest BCUT2D eigenvalue weighted by Crippen LogP contribution is 2.16. The number of hydrogen-bond donors (Lipinski definition) is 0. The van der Waals surface area contributed by atoms with E-state index in [0.717, 1.165) is 24.7 Å². The smallest absolute Gasteiger partial charge is 0.0946 e. The molecule has 0 aromatic carbocycles. The molecule has 1 aromatic rings. The number of aryl methyl sites for hydroxylation is 1. The van der Waals surface area contributed by atoms with E-state index in [0.29, 0.717) is 0 Å². The highest BCUT2D eigenvalue weighted by Gasteiger charge is 2.15. The van der Waals surface area contributed by atoms with Crippen molar-refractivity contribution in [1.29, 1.82) is 0 Å². The van der Waals surface area contributed by atoms with Crippen molar-refractivity contribution in [1.82, 2.24) is 19.9 Å². The van der Waals surface area contributed by atoms with Gasteiger partial charge in [-0.3, -0.25) is 4.90 Å². The fraction of sp³-hybridized carbons (Fsp3) is 0.818. The molecule has 0 saturated carbocycles. The van der Waals surface area contributed by atoms with Gasteiger partial charge in [0.05, 0.1) is 12.4 Å². The summed E-state index contributed by atoms with van der Waals surface area (Å²) >= 11 is 0. The minimum atomic E-state index is 0.892. The third-order valence-corrected chi connectivity index (χ3v) is 3.17. The van der Waals surface area contributed by atoms with Gasteiger partial charge in [0.25, 0.3) is 0 Å².